The van der Waals surface area contributed by atoms with Crippen LogP contribution >= 0.6 is 0 Å². The molecular weight excluding hydrogens is 568 g/mol. The number of Topliss-reactive ketones (excluding diaryl/α,β-unsaturated/α-hetero) is 1. The number of ketones is 1. The summed E-state index contributed by atoms with van der Waals surface area (Å²) < 4.78 is 25.8. The van der Waals surface area contributed by atoms with E-state index in [0.29, 0.717) is 23.1 Å². The number of carbonyl (C=O) groups is 1. The maximum absolute atomic E-state index is 13.9. The lowest BCUT2D eigenvalue weighted by atomic mass is 9.76. The summed E-state index contributed by atoms with van der Waals surface area (Å²) in [5, 5.41) is 11.7. The monoisotopic (exact) mass is 630 g/mol. The maximum atomic E-state index is 13.9. The third kappa shape index (κ3) is 8.57. The molecular formula is C37H62O6Si. The summed E-state index contributed by atoms with van der Waals surface area (Å²) in [4.78, 5) is 13.9. The first-order valence-corrected chi connectivity index (χ1v) is 19.8. The molecule has 0 spiro atoms. The van der Waals surface area contributed by atoms with Gasteiger partial charge in [0.1, 0.15) is 17.3 Å². The van der Waals surface area contributed by atoms with Crippen LogP contribution in [0.15, 0.2) is 17.7 Å². The largest absolute Gasteiger partial charge is 0.508 e. The fraction of sp³-hybridized carbons (Fsp3) is 0.757. The Bertz CT molecular complexity index is 1120. The molecule has 7 heteroatoms. The number of aryl methyl sites for hydroxylation is 1. The van der Waals surface area contributed by atoms with Crippen LogP contribution in [-0.2, 0) is 25.1 Å². The average Bonchev–Trinajstić information content (AvgIpc) is 2.97. The van der Waals surface area contributed by atoms with E-state index in [1.807, 2.05) is 13.8 Å². The van der Waals surface area contributed by atoms with Gasteiger partial charge in [-0.2, -0.15) is 0 Å². The zero-order valence-electron chi connectivity index (χ0n) is 29.6. The highest BCUT2D eigenvalue weighted by atomic mass is 28.4. The summed E-state index contributed by atoms with van der Waals surface area (Å²) >= 11 is 0. The molecule has 0 radical (unpaired) electrons. The van der Waals surface area contributed by atoms with Crippen molar-refractivity contribution < 1.29 is 28.5 Å². The molecule has 1 aromatic carbocycles. The second kappa shape index (κ2) is 16.2. The Kier molecular flexibility index (Phi) is 13.6. The summed E-state index contributed by atoms with van der Waals surface area (Å²) in [6.45, 7) is 22.1. The molecule has 8 atom stereocenters. The Hall–Kier alpha value is -1.67. The van der Waals surface area contributed by atoms with E-state index in [-0.39, 0.29) is 54.7 Å². The molecule has 1 fully saturated rings. The molecule has 3 rings (SSSR count). The third-order valence-electron chi connectivity index (χ3n) is 10.7. The topological polar surface area (TPSA) is 74.2 Å². The number of carbonyl (C=O) groups excluding carboxylic acids is 1. The fourth-order valence-electron chi connectivity index (χ4n) is 7.92. The minimum Gasteiger partial charge on any atom is -0.508 e. The molecule has 2 heterocycles. The standard InChI is InChI=1S/C37H62O6Si/c1-12-44(13-2,14-3)43-36-28(9)33-16-15-23(4)17-24(5)18-25(6)19-26(7)31(38)21-30-34(37(42-33)29(36)10)32(39)20-27(8)35(30)41-22-40-11/h17,20,23,25-26,28-29,33,36-37,39H,12-16,18-19,21-22H2,1-11H3/b24-17+/t23-,25+,26-,28-,29+,33+,36-,37+/m0/s1. The molecule has 2 bridgehead atoms. The van der Waals surface area contributed by atoms with Crippen molar-refractivity contribution in [2.75, 3.05) is 13.9 Å². The van der Waals surface area contributed by atoms with Gasteiger partial charge in [-0.3, -0.25) is 4.79 Å². The molecule has 0 unspecified atom stereocenters. The number of phenols is 1. The maximum Gasteiger partial charge on any atom is 0.192 e. The molecule has 250 valence electrons. The van der Waals surface area contributed by atoms with Crippen molar-refractivity contribution in [3.05, 3.63) is 34.4 Å². The molecule has 2 aliphatic rings. The number of fused-ring (bicyclic) bond motifs is 4. The van der Waals surface area contributed by atoms with Crippen molar-refractivity contribution in [1.29, 1.82) is 0 Å². The minimum absolute atomic E-state index is 0.0101. The van der Waals surface area contributed by atoms with E-state index >= 15 is 0 Å². The second-order valence-electron chi connectivity index (χ2n) is 14.3. The number of hydrogen-bond acceptors (Lipinski definition) is 6. The van der Waals surface area contributed by atoms with E-state index in [9.17, 15) is 9.90 Å². The van der Waals surface area contributed by atoms with Crippen LogP contribution in [0.25, 0.3) is 0 Å². The van der Waals surface area contributed by atoms with Gasteiger partial charge in [0.05, 0.1) is 18.3 Å². The molecule has 0 saturated carbocycles. The third-order valence-corrected chi connectivity index (χ3v) is 15.4. The smallest absolute Gasteiger partial charge is 0.192 e. The van der Waals surface area contributed by atoms with Crippen LogP contribution in [-0.4, -0.2) is 45.3 Å². The zero-order valence-corrected chi connectivity index (χ0v) is 30.6. The zero-order chi connectivity index (χ0) is 32.8. The lowest BCUT2D eigenvalue weighted by molar-refractivity contribution is -0.164. The highest BCUT2D eigenvalue weighted by Crippen LogP contribution is 2.49. The van der Waals surface area contributed by atoms with Crippen molar-refractivity contribution in [3.63, 3.8) is 0 Å². The normalized spacial score (nSPS) is 32.1. The van der Waals surface area contributed by atoms with Crippen LogP contribution < -0.4 is 4.74 Å². The highest BCUT2D eigenvalue weighted by molar-refractivity contribution is 6.73. The fourth-order valence-corrected chi connectivity index (χ4v) is 10.9. The first kappa shape index (κ1) is 36.8. The number of phenolic OH excluding ortho intramolecular Hbond substituents is 1. The molecule has 2 aliphatic heterocycles. The Labute approximate surface area is 269 Å². The minimum atomic E-state index is -1.95. The lowest BCUT2D eigenvalue weighted by Crippen LogP contribution is -2.52. The van der Waals surface area contributed by atoms with Crippen molar-refractivity contribution in [1.82, 2.24) is 0 Å². The Morgan fingerprint density at radius 3 is 2.27 bits per heavy atom. The molecule has 1 aromatic rings. The van der Waals surface area contributed by atoms with Crippen LogP contribution in [0, 0.1) is 36.5 Å². The number of aromatic hydroxyl groups is 1. The van der Waals surface area contributed by atoms with Crippen LogP contribution in [0.3, 0.4) is 0 Å². The van der Waals surface area contributed by atoms with Crippen LogP contribution in [0.5, 0.6) is 11.5 Å². The van der Waals surface area contributed by atoms with Gasteiger partial charge in [-0.25, -0.2) is 0 Å². The predicted octanol–water partition coefficient (Wildman–Crippen LogP) is 9.33. The molecule has 0 aromatic heterocycles. The SMILES string of the molecule is CC[Si](CC)(CC)O[C@H]1[C@@H](C)[C@H]2CC[C@H](C)/C=C(\C)C[C@@H](C)C[C@H](C)C(=O)Cc3c(OCOC)c(C)cc(O)c3[C@H](O2)[C@@H]1C. The molecule has 0 amide bonds. The van der Waals surface area contributed by atoms with E-state index in [1.165, 1.54) is 5.57 Å². The van der Waals surface area contributed by atoms with Gasteiger partial charge in [0, 0.05) is 42.4 Å². The van der Waals surface area contributed by atoms with E-state index in [4.69, 9.17) is 18.6 Å². The van der Waals surface area contributed by atoms with Crippen molar-refractivity contribution in [3.8, 4) is 11.5 Å². The first-order valence-electron chi connectivity index (χ1n) is 17.3. The van der Waals surface area contributed by atoms with Crippen molar-refractivity contribution in [2.45, 2.75) is 138 Å². The summed E-state index contributed by atoms with van der Waals surface area (Å²) in [7, 11) is -0.352. The average molecular weight is 631 g/mol. The number of methoxy groups -OCH3 is 1. The van der Waals surface area contributed by atoms with Gasteiger partial charge in [-0.05, 0) is 81.1 Å². The first-order chi connectivity index (χ1) is 20.8. The molecule has 1 N–H and O–H groups in total. The summed E-state index contributed by atoms with van der Waals surface area (Å²) in [6, 6.07) is 4.99. The molecule has 1 saturated heterocycles. The second-order valence-corrected chi connectivity index (χ2v) is 19.0. The van der Waals surface area contributed by atoms with Gasteiger partial charge in [-0.1, -0.05) is 67.0 Å². The highest BCUT2D eigenvalue weighted by Gasteiger charge is 2.47. The van der Waals surface area contributed by atoms with Crippen molar-refractivity contribution in [2.24, 2.45) is 29.6 Å². The Morgan fingerprint density at radius 2 is 1.66 bits per heavy atom. The van der Waals surface area contributed by atoms with Gasteiger partial charge in [0.15, 0.2) is 15.1 Å². The van der Waals surface area contributed by atoms with Gasteiger partial charge in [0.25, 0.3) is 0 Å². The Morgan fingerprint density at radius 1 is 1.00 bits per heavy atom. The van der Waals surface area contributed by atoms with Crippen LogP contribution in [0.1, 0.15) is 111 Å². The van der Waals surface area contributed by atoms with Crippen LogP contribution in [0.4, 0.5) is 0 Å². The van der Waals surface area contributed by atoms with Crippen LogP contribution in [0.2, 0.25) is 18.1 Å². The number of ether oxygens (including phenoxy) is 3. The van der Waals surface area contributed by atoms with E-state index < -0.39 is 14.4 Å². The summed E-state index contributed by atoms with van der Waals surface area (Å²) in [5.41, 5.74) is 3.59. The van der Waals surface area contributed by atoms with Crippen molar-refractivity contribution >= 4 is 14.1 Å². The number of benzene rings is 1. The van der Waals surface area contributed by atoms with E-state index in [2.05, 4.69) is 61.5 Å². The number of hydrogen-bond donors (Lipinski definition) is 1. The van der Waals surface area contributed by atoms with Gasteiger partial charge >= 0.3 is 0 Å². The quantitative estimate of drug-likeness (QED) is 0.175. The van der Waals surface area contributed by atoms with E-state index in [1.54, 1.807) is 13.2 Å². The Balaban J connectivity index is 2.23. The van der Waals surface area contributed by atoms with Gasteiger partial charge in [0.2, 0.25) is 0 Å². The molecule has 0 aliphatic carbocycles. The summed E-state index contributed by atoms with van der Waals surface area (Å²) in [6.07, 6.45) is 5.87. The lowest BCUT2D eigenvalue weighted by Gasteiger charge is -2.49. The van der Waals surface area contributed by atoms with Gasteiger partial charge in [-0.15, -0.1) is 0 Å². The molecule has 44 heavy (non-hydrogen) atoms. The summed E-state index contributed by atoms with van der Waals surface area (Å²) in [5.74, 6) is 1.83. The van der Waals surface area contributed by atoms with E-state index in [0.717, 1.165) is 54.9 Å². The predicted molar refractivity (Wildman–Crippen MR) is 182 cm³/mol. The number of rotatable bonds is 8. The van der Waals surface area contributed by atoms with Gasteiger partial charge < -0.3 is 23.7 Å². The number of allylic oxidation sites excluding steroid dienone is 2. The molecule has 6 nitrogen and oxygen atoms in total.